The molecule has 1 fully saturated rings. The van der Waals surface area contributed by atoms with Crippen LogP contribution < -0.4 is 0 Å². The lowest BCUT2D eigenvalue weighted by Gasteiger charge is -2.42. The Bertz CT molecular complexity index is 612. The fraction of sp³-hybridized carbons (Fsp3) is 0.970. The molecular weight excluding hydrogens is 504 g/mol. The molecule has 1 rings (SSSR count). The normalized spacial score (nSPS) is 19.1. The van der Waals surface area contributed by atoms with Gasteiger partial charge in [-0.15, -0.1) is 0 Å². The van der Waals surface area contributed by atoms with Crippen LogP contribution in [0.15, 0.2) is 0 Å². The van der Waals surface area contributed by atoms with Gasteiger partial charge in [0, 0.05) is 6.61 Å². The van der Waals surface area contributed by atoms with Crippen LogP contribution in [0.25, 0.3) is 0 Å². The summed E-state index contributed by atoms with van der Waals surface area (Å²) in [6.45, 7) is 16.4. The fourth-order valence-electron chi connectivity index (χ4n) is 5.33. The highest BCUT2D eigenvalue weighted by Crippen LogP contribution is 2.40. The molecule has 232 valence electrons. The van der Waals surface area contributed by atoms with Crippen LogP contribution in [0.5, 0.6) is 0 Å². The number of aliphatic carboxylic acids is 1. The standard InChI is InChI=1S/C33H66O5Si/c1-8-10-12-14-15-16-17-18-19-23-28(37-31-25-21-22-26-36-31)27-30(38-39(6,7)33(3,4)5)29(32(34)35)24-20-13-11-9-2/h28-31H,8-27H2,1-7H3,(H,34,35)/t28-,29+,30+,31?/m1/s1. The van der Waals surface area contributed by atoms with Gasteiger partial charge in [-0.2, -0.15) is 0 Å². The Balaban J connectivity index is 2.92. The van der Waals surface area contributed by atoms with Gasteiger partial charge >= 0.3 is 5.97 Å². The van der Waals surface area contributed by atoms with E-state index in [0.717, 1.165) is 64.4 Å². The van der Waals surface area contributed by atoms with Crippen molar-refractivity contribution in [2.24, 2.45) is 5.92 Å². The minimum atomic E-state index is -2.16. The molecule has 0 aromatic rings. The predicted octanol–water partition coefficient (Wildman–Crippen LogP) is 10.3. The first-order valence-corrected chi connectivity index (χ1v) is 19.6. The molecule has 0 radical (unpaired) electrons. The molecule has 1 heterocycles. The first kappa shape index (κ1) is 36.6. The third-order valence-electron chi connectivity index (χ3n) is 8.99. The Morgan fingerprint density at radius 1 is 0.872 bits per heavy atom. The van der Waals surface area contributed by atoms with Crippen LogP contribution in [0.4, 0.5) is 0 Å². The highest BCUT2D eigenvalue weighted by molar-refractivity contribution is 6.74. The third kappa shape index (κ3) is 16.0. The summed E-state index contributed by atoms with van der Waals surface area (Å²) in [6.07, 6.45) is 20.9. The zero-order chi connectivity index (χ0) is 29.2. The molecule has 6 heteroatoms. The molecule has 0 aromatic heterocycles. The Kier molecular flexibility index (Phi) is 19.2. The van der Waals surface area contributed by atoms with Gasteiger partial charge in [-0.25, -0.2) is 0 Å². The second-order valence-electron chi connectivity index (χ2n) is 13.6. The van der Waals surface area contributed by atoms with Crippen molar-refractivity contribution in [3.05, 3.63) is 0 Å². The number of hydrogen-bond acceptors (Lipinski definition) is 4. The zero-order valence-electron chi connectivity index (χ0n) is 27.0. The predicted molar refractivity (Wildman–Crippen MR) is 167 cm³/mol. The molecule has 4 atom stereocenters. The average Bonchev–Trinajstić information content (AvgIpc) is 2.87. The second kappa shape index (κ2) is 20.4. The number of carbonyl (C=O) groups is 1. The number of hydrogen-bond donors (Lipinski definition) is 1. The van der Waals surface area contributed by atoms with Crippen LogP contribution in [0.3, 0.4) is 0 Å². The maximum atomic E-state index is 12.6. The quantitative estimate of drug-likeness (QED) is 0.0977. The minimum Gasteiger partial charge on any atom is -0.481 e. The van der Waals surface area contributed by atoms with Crippen LogP contribution in [-0.2, 0) is 18.7 Å². The lowest BCUT2D eigenvalue weighted by Crippen LogP contribution is -2.48. The van der Waals surface area contributed by atoms with Crippen LogP contribution in [0.1, 0.15) is 157 Å². The Hall–Kier alpha value is -0.433. The number of rotatable bonds is 23. The summed E-state index contributed by atoms with van der Waals surface area (Å²) < 4.78 is 19.5. The molecular formula is C33H66O5Si. The minimum absolute atomic E-state index is 0.0232. The van der Waals surface area contributed by atoms with Crippen LogP contribution in [-0.4, -0.2) is 44.5 Å². The number of carboxylic acids is 1. The summed E-state index contributed by atoms with van der Waals surface area (Å²) in [4.78, 5) is 12.6. The molecule has 1 unspecified atom stereocenters. The maximum Gasteiger partial charge on any atom is 0.309 e. The van der Waals surface area contributed by atoms with Gasteiger partial charge in [0.2, 0.25) is 0 Å². The van der Waals surface area contributed by atoms with Gasteiger partial charge in [0.15, 0.2) is 14.6 Å². The van der Waals surface area contributed by atoms with Gasteiger partial charge in [-0.3, -0.25) is 4.79 Å². The van der Waals surface area contributed by atoms with Gasteiger partial charge < -0.3 is 19.0 Å². The molecule has 5 nitrogen and oxygen atoms in total. The van der Waals surface area contributed by atoms with Gasteiger partial charge in [0.1, 0.15) is 0 Å². The second-order valence-corrected chi connectivity index (χ2v) is 18.4. The average molecular weight is 571 g/mol. The van der Waals surface area contributed by atoms with Crippen molar-refractivity contribution in [2.45, 2.75) is 193 Å². The molecule has 0 spiro atoms. The molecule has 0 bridgehead atoms. The van der Waals surface area contributed by atoms with E-state index >= 15 is 0 Å². The summed E-state index contributed by atoms with van der Waals surface area (Å²) in [7, 11) is -2.16. The number of unbranched alkanes of at least 4 members (excludes halogenated alkanes) is 11. The Morgan fingerprint density at radius 3 is 1.92 bits per heavy atom. The smallest absolute Gasteiger partial charge is 0.309 e. The summed E-state index contributed by atoms with van der Waals surface area (Å²) in [5, 5.41) is 10.4. The summed E-state index contributed by atoms with van der Waals surface area (Å²) in [6, 6.07) is 0. The monoisotopic (exact) mass is 570 g/mol. The van der Waals surface area contributed by atoms with E-state index in [0.29, 0.717) is 12.8 Å². The molecule has 39 heavy (non-hydrogen) atoms. The van der Waals surface area contributed by atoms with E-state index in [1.165, 1.54) is 51.4 Å². The first-order valence-electron chi connectivity index (χ1n) is 16.7. The lowest BCUT2D eigenvalue weighted by atomic mass is 9.90. The molecule has 0 saturated carbocycles. The van der Waals surface area contributed by atoms with E-state index in [4.69, 9.17) is 13.9 Å². The topological polar surface area (TPSA) is 65.0 Å². The first-order chi connectivity index (χ1) is 18.5. The molecule has 1 aliphatic rings. The molecule has 1 N–H and O–H groups in total. The van der Waals surface area contributed by atoms with Crippen molar-refractivity contribution in [1.29, 1.82) is 0 Å². The van der Waals surface area contributed by atoms with Crippen molar-refractivity contribution in [2.75, 3.05) is 6.61 Å². The van der Waals surface area contributed by atoms with Gasteiger partial charge in [0.25, 0.3) is 0 Å². The van der Waals surface area contributed by atoms with Crippen LogP contribution >= 0.6 is 0 Å². The van der Waals surface area contributed by atoms with Crippen LogP contribution in [0.2, 0.25) is 18.1 Å². The fourth-order valence-corrected chi connectivity index (χ4v) is 6.70. The lowest BCUT2D eigenvalue weighted by molar-refractivity contribution is -0.195. The Labute approximate surface area is 243 Å². The van der Waals surface area contributed by atoms with Crippen molar-refractivity contribution < 1.29 is 23.8 Å². The molecule has 0 aliphatic carbocycles. The molecule has 1 aliphatic heterocycles. The van der Waals surface area contributed by atoms with Crippen LogP contribution in [0, 0.1) is 5.92 Å². The highest BCUT2D eigenvalue weighted by Gasteiger charge is 2.43. The molecule has 0 amide bonds. The summed E-state index contributed by atoms with van der Waals surface area (Å²) in [5.41, 5.74) is 0. The van der Waals surface area contributed by atoms with Crippen molar-refractivity contribution in [3.63, 3.8) is 0 Å². The van der Waals surface area contributed by atoms with E-state index < -0.39 is 20.2 Å². The van der Waals surface area contributed by atoms with E-state index in [2.05, 4.69) is 47.7 Å². The van der Waals surface area contributed by atoms with Crippen molar-refractivity contribution >= 4 is 14.3 Å². The van der Waals surface area contributed by atoms with Gasteiger partial charge in [0.05, 0.1) is 18.1 Å². The molecule has 1 saturated heterocycles. The number of carboxylic acid groups (broad SMARTS) is 1. The van der Waals surface area contributed by atoms with E-state index in [1.54, 1.807) is 0 Å². The van der Waals surface area contributed by atoms with Gasteiger partial charge in [-0.05, 0) is 56.7 Å². The largest absolute Gasteiger partial charge is 0.481 e. The summed E-state index contributed by atoms with van der Waals surface area (Å²) in [5.74, 6) is -1.21. The van der Waals surface area contributed by atoms with E-state index in [9.17, 15) is 9.90 Å². The van der Waals surface area contributed by atoms with Crippen molar-refractivity contribution in [1.82, 2.24) is 0 Å². The van der Waals surface area contributed by atoms with Gasteiger partial charge in [-0.1, -0.05) is 118 Å². The Morgan fingerprint density at radius 2 is 1.41 bits per heavy atom. The third-order valence-corrected chi connectivity index (χ3v) is 13.5. The number of ether oxygens (including phenoxy) is 2. The zero-order valence-corrected chi connectivity index (χ0v) is 28.0. The SMILES string of the molecule is CCCCCCCCCCC[C@H](C[C@H](O[Si](C)(C)C(C)(C)C)[C@H](CCCCCC)C(=O)O)OC1CCCCO1. The highest BCUT2D eigenvalue weighted by atomic mass is 28.4. The van der Waals surface area contributed by atoms with E-state index in [1.807, 2.05) is 0 Å². The maximum absolute atomic E-state index is 12.6. The summed E-state index contributed by atoms with van der Waals surface area (Å²) >= 11 is 0. The molecule has 0 aromatic carbocycles. The van der Waals surface area contributed by atoms with E-state index in [-0.39, 0.29) is 23.5 Å². The van der Waals surface area contributed by atoms with Crippen molar-refractivity contribution in [3.8, 4) is 0 Å².